The monoisotopic (exact) mass is 375 g/mol. The van der Waals surface area contributed by atoms with Crippen LogP contribution in [0.3, 0.4) is 0 Å². The maximum Gasteiger partial charge on any atom is 0.350 e. The Labute approximate surface area is 160 Å². The molecule has 0 bridgehead atoms. The van der Waals surface area contributed by atoms with Gasteiger partial charge in [0.25, 0.3) is 5.91 Å². The van der Waals surface area contributed by atoms with Gasteiger partial charge in [-0.15, -0.1) is 0 Å². The van der Waals surface area contributed by atoms with Gasteiger partial charge < -0.3 is 10.1 Å². The molecule has 0 spiro atoms. The van der Waals surface area contributed by atoms with E-state index in [4.69, 9.17) is 4.74 Å². The number of rotatable bonds is 10. The zero-order valence-electron chi connectivity index (χ0n) is 16.4. The van der Waals surface area contributed by atoms with Crippen LogP contribution in [0.2, 0.25) is 0 Å². The summed E-state index contributed by atoms with van der Waals surface area (Å²) in [6, 6.07) is -0.542. The number of nitrogens with zero attached hydrogens (tertiary/aromatic N) is 2. The summed E-state index contributed by atoms with van der Waals surface area (Å²) in [4.78, 5) is 42.3. The molecule has 1 heterocycles. The van der Waals surface area contributed by atoms with Crippen LogP contribution in [0, 0.1) is 5.92 Å². The number of carbonyl (C=O) groups is 3. The summed E-state index contributed by atoms with van der Waals surface area (Å²) in [5.41, 5.74) is 0.738. The van der Waals surface area contributed by atoms with E-state index in [0.29, 0.717) is 37.4 Å². The maximum atomic E-state index is 12.6. The van der Waals surface area contributed by atoms with Gasteiger partial charge in [0.1, 0.15) is 0 Å². The third-order valence-electron chi connectivity index (χ3n) is 4.38. The largest absolute Gasteiger partial charge is 0.379 e. The smallest absolute Gasteiger partial charge is 0.350 e. The molecule has 148 valence electrons. The number of aliphatic imine (C=N–C) groups is 1. The van der Waals surface area contributed by atoms with Gasteiger partial charge in [-0.25, -0.2) is 4.79 Å². The van der Waals surface area contributed by atoms with E-state index in [9.17, 15) is 14.4 Å². The van der Waals surface area contributed by atoms with Crippen molar-refractivity contribution >= 4 is 23.6 Å². The van der Waals surface area contributed by atoms with E-state index in [1.807, 2.05) is 13.8 Å². The summed E-state index contributed by atoms with van der Waals surface area (Å²) in [6.07, 6.45) is 8.44. The maximum absolute atomic E-state index is 12.6. The van der Waals surface area contributed by atoms with E-state index < -0.39 is 11.9 Å². The Hall–Kier alpha value is -2.28. The van der Waals surface area contributed by atoms with Crippen molar-refractivity contribution < 1.29 is 19.1 Å². The average Bonchev–Trinajstić information content (AvgIpc) is 2.63. The molecule has 2 aliphatic rings. The fraction of sp³-hybridized carbons (Fsp3) is 0.600. The molecule has 0 radical (unpaired) electrons. The highest BCUT2D eigenvalue weighted by molar-refractivity contribution is 6.23. The van der Waals surface area contributed by atoms with Gasteiger partial charge in [-0.2, -0.15) is 4.99 Å². The average molecular weight is 375 g/mol. The minimum atomic E-state index is -0.583. The molecular formula is C20H29N3O4. The molecule has 0 aromatic rings. The fourth-order valence-electron chi connectivity index (χ4n) is 2.90. The quantitative estimate of drug-likeness (QED) is 0.595. The highest BCUT2D eigenvalue weighted by Gasteiger charge is 2.36. The summed E-state index contributed by atoms with van der Waals surface area (Å²) >= 11 is 0. The molecule has 1 aliphatic heterocycles. The Morgan fingerprint density at radius 2 is 2.07 bits per heavy atom. The van der Waals surface area contributed by atoms with Gasteiger partial charge in [0.15, 0.2) is 0 Å². The molecule has 4 amide bonds. The Morgan fingerprint density at radius 1 is 1.30 bits per heavy atom. The number of imide groups is 1. The molecule has 2 rings (SSSR count). The number of nitrogens with one attached hydrogen (secondary N) is 1. The van der Waals surface area contributed by atoms with Crippen LogP contribution in [0.4, 0.5) is 4.79 Å². The molecule has 1 unspecified atom stereocenters. The Bertz CT molecular complexity index is 664. The molecule has 0 aromatic carbocycles. The van der Waals surface area contributed by atoms with Crippen molar-refractivity contribution in [3.05, 3.63) is 23.8 Å². The molecule has 1 N–H and O–H groups in total. The first-order valence-electron chi connectivity index (χ1n) is 9.67. The summed E-state index contributed by atoms with van der Waals surface area (Å²) in [6.45, 7) is 7.46. The Morgan fingerprint density at radius 3 is 2.78 bits per heavy atom. The van der Waals surface area contributed by atoms with E-state index in [2.05, 4.69) is 17.2 Å². The molecule has 0 fully saturated rings. The number of amides is 4. The third kappa shape index (κ3) is 5.85. The van der Waals surface area contributed by atoms with E-state index in [1.54, 1.807) is 12.2 Å². The van der Waals surface area contributed by atoms with Crippen molar-refractivity contribution in [2.24, 2.45) is 10.9 Å². The second-order valence-electron chi connectivity index (χ2n) is 6.98. The SMILES string of the molecule is CCCCCN1C(=O)N=C2C=C(C(=O)NCCCOC(C)C)C=CC2C1=O. The number of hydrogen-bond donors (Lipinski definition) is 1. The lowest BCUT2D eigenvalue weighted by Crippen LogP contribution is -2.46. The van der Waals surface area contributed by atoms with Crippen molar-refractivity contribution in [2.75, 3.05) is 19.7 Å². The van der Waals surface area contributed by atoms with Crippen molar-refractivity contribution in [3.63, 3.8) is 0 Å². The van der Waals surface area contributed by atoms with Crippen LogP contribution >= 0.6 is 0 Å². The minimum Gasteiger partial charge on any atom is -0.379 e. The van der Waals surface area contributed by atoms with Crippen molar-refractivity contribution in [1.29, 1.82) is 0 Å². The van der Waals surface area contributed by atoms with Crippen LogP contribution in [-0.2, 0) is 14.3 Å². The van der Waals surface area contributed by atoms with Gasteiger partial charge in [-0.1, -0.05) is 31.9 Å². The van der Waals surface area contributed by atoms with Crippen LogP contribution in [0.25, 0.3) is 0 Å². The van der Waals surface area contributed by atoms with Crippen LogP contribution in [-0.4, -0.2) is 54.3 Å². The summed E-state index contributed by atoms with van der Waals surface area (Å²) < 4.78 is 5.43. The fourth-order valence-corrected chi connectivity index (χ4v) is 2.90. The van der Waals surface area contributed by atoms with Crippen LogP contribution in [0.5, 0.6) is 0 Å². The van der Waals surface area contributed by atoms with Crippen LogP contribution in [0.1, 0.15) is 46.5 Å². The standard InChI is InChI=1S/C20H29N3O4/c1-4-5-6-11-23-19(25)16-9-8-15(13-17(16)22-20(23)26)18(24)21-10-7-12-27-14(2)3/h8-9,13-14,16H,4-7,10-12H2,1-3H3,(H,21,24). The van der Waals surface area contributed by atoms with Gasteiger partial charge in [0.2, 0.25) is 5.91 Å². The van der Waals surface area contributed by atoms with E-state index in [0.717, 1.165) is 19.3 Å². The zero-order chi connectivity index (χ0) is 19.8. The van der Waals surface area contributed by atoms with E-state index in [-0.39, 0.29) is 17.9 Å². The van der Waals surface area contributed by atoms with Gasteiger partial charge in [0, 0.05) is 25.3 Å². The number of fused-ring (bicyclic) bond motifs is 1. The molecule has 7 heteroatoms. The number of unbranched alkanes of at least 4 members (excludes halogenated alkanes) is 2. The van der Waals surface area contributed by atoms with Crippen LogP contribution in [0.15, 0.2) is 28.8 Å². The molecule has 1 aliphatic carbocycles. The molecule has 0 saturated heterocycles. The molecule has 7 nitrogen and oxygen atoms in total. The van der Waals surface area contributed by atoms with Gasteiger partial charge in [0.05, 0.1) is 17.7 Å². The molecular weight excluding hydrogens is 346 g/mol. The molecule has 0 saturated carbocycles. The van der Waals surface area contributed by atoms with Crippen molar-refractivity contribution in [1.82, 2.24) is 10.2 Å². The van der Waals surface area contributed by atoms with Crippen molar-refractivity contribution in [3.8, 4) is 0 Å². The number of hydrogen-bond acceptors (Lipinski definition) is 4. The minimum absolute atomic E-state index is 0.169. The van der Waals surface area contributed by atoms with Gasteiger partial charge in [-0.05, 0) is 32.8 Å². The number of urea groups is 1. The predicted molar refractivity (Wildman–Crippen MR) is 103 cm³/mol. The Balaban J connectivity index is 1.94. The summed E-state index contributed by atoms with van der Waals surface area (Å²) in [7, 11) is 0. The highest BCUT2D eigenvalue weighted by Crippen LogP contribution is 2.22. The van der Waals surface area contributed by atoms with Crippen LogP contribution < -0.4 is 5.32 Å². The topological polar surface area (TPSA) is 88.1 Å². The lowest BCUT2D eigenvalue weighted by molar-refractivity contribution is -0.129. The first kappa shape index (κ1) is 21.0. The lowest BCUT2D eigenvalue weighted by atomic mass is 9.91. The highest BCUT2D eigenvalue weighted by atomic mass is 16.5. The second-order valence-corrected chi connectivity index (χ2v) is 6.98. The summed E-state index contributed by atoms with van der Waals surface area (Å²) in [5.74, 6) is -1.10. The Kier molecular flexibility index (Phi) is 7.91. The number of ether oxygens (including phenoxy) is 1. The molecule has 0 aromatic heterocycles. The van der Waals surface area contributed by atoms with E-state index in [1.165, 1.54) is 11.0 Å². The predicted octanol–water partition coefficient (Wildman–Crippen LogP) is 2.62. The number of allylic oxidation sites excluding steroid dienone is 1. The first-order valence-corrected chi connectivity index (χ1v) is 9.67. The van der Waals surface area contributed by atoms with Gasteiger partial charge >= 0.3 is 6.03 Å². The number of carbonyl (C=O) groups excluding carboxylic acids is 3. The molecule has 27 heavy (non-hydrogen) atoms. The normalized spacial score (nSPS) is 19.1. The van der Waals surface area contributed by atoms with Gasteiger partial charge in [-0.3, -0.25) is 14.5 Å². The van der Waals surface area contributed by atoms with Crippen molar-refractivity contribution in [2.45, 2.75) is 52.6 Å². The second kappa shape index (κ2) is 10.2. The molecule has 1 atom stereocenters. The summed E-state index contributed by atoms with van der Waals surface area (Å²) in [5, 5.41) is 2.81. The first-order chi connectivity index (χ1) is 12.9. The third-order valence-corrected chi connectivity index (χ3v) is 4.38. The zero-order valence-corrected chi connectivity index (χ0v) is 16.4. The lowest BCUT2D eigenvalue weighted by Gasteiger charge is -2.29. The van der Waals surface area contributed by atoms with E-state index >= 15 is 0 Å².